The fourth-order valence-corrected chi connectivity index (χ4v) is 4.63. The molecule has 0 aliphatic carbocycles. The van der Waals surface area contributed by atoms with Gasteiger partial charge in [0.05, 0.1) is 5.92 Å². The van der Waals surface area contributed by atoms with E-state index in [1.807, 2.05) is 48.2 Å². The topological polar surface area (TPSA) is 49.4 Å². The van der Waals surface area contributed by atoms with Crippen LogP contribution in [-0.2, 0) is 10.2 Å². The summed E-state index contributed by atoms with van der Waals surface area (Å²) in [4.78, 5) is 28.7. The van der Waals surface area contributed by atoms with Crippen LogP contribution in [0.25, 0.3) is 0 Å². The lowest BCUT2D eigenvalue weighted by atomic mass is 9.81. The predicted octanol–water partition coefficient (Wildman–Crippen LogP) is 5.81. The summed E-state index contributed by atoms with van der Waals surface area (Å²) in [7, 11) is 0. The molecule has 0 spiro atoms. The Morgan fingerprint density at radius 3 is 2.42 bits per heavy atom. The number of likely N-dealkylation sites (tertiary alicyclic amines) is 1. The van der Waals surface area contributed by atoms with E-state index >= 15 is 0 Å². The fraction of sp³-hybridized carbons (Fsp3) is 0.481. The molecule has 0 saturated carbocycles. The van der Waals surface area contributed by atoms with Crippen molar-refractivity contribution in [1.29, 1.82) is 0 Å². The third-order valence-corrected chi connectivity index (χ3v) is 6.34. The maximum absolute atomic E-state index is 13.4. The number of nitrogens with zero attached hydrogens (tertiary/aromatic N) is 1. The number of anilines is 1. The van der Waals surface area contributed by atoms with Crippen LogP contribution in [0, 0.1) is 18.8 Å². The van der Waals surface area contributed by atoms with E-state index in [9.17, 15) is 9.59 Å². The lowest BCUT2D eigenvalue weighted by molar-refractivity contribution is -0.123. The van der Waals surface area contributed by atoms with Crippen LogP contribution in [0.3, 0.4) is 0 Å². The van der Waals surface area contributed by atoms with Gasteiger partial charge < -0.3 is 10.2 Å². The van der Waals surface area contributed by atoms with Crippen molar-refractivity contribution >= 4 is 17.5 Å². The van der Waals surface area contributed by atoms with Gasteiger partial charge in [0.25, 0.3) is 5.91 Å². The SMILES string of the molecule is Cc1ccccc1C(=O)N1CCCC(C(=O)Nc2cccc(C(C)(C)C)c2)[C@@H]1C(C)C. The van der Waals surface area contributed by atoms with E-state index in [2.05, 4.69) is 52.1 Å². The summed E-state index contributed by atoms with van der Waals surface area (Å²) in [6, 6.07) is 15.7. The van der Waals surface area contributed by atoms with Crippen LogP contribution in [0.2, 0.25) is 0 Å². The van der Waals surface area contributed by atoms with Crippen LogP contribution in [0.15, 0.2) is 48.5 Å². The summed E-state index contributed by atoms with van der Waals surface area (Å²) >= 11 is 0. The van der Waals surface area contributed by atoms with Gasteiger partial charge in [-0.1, -0.05) is 65.0 Å². The zero-order chi connectivity index (χ0) is 22.8. The summed E-state index contributed by atoms with van der Waals surface area (Å²) in [6.07, 6.45) is 1.63. The molecule has 1 unspecified atom stereocenters. The third kappa shape index (κ3) is 5.17. The molecule has 2 aromatic rings. The monoisotopic (exact) mass is 420 g/mol. The average Bonchev–Trinajstić information content (AvgIpc) is 2.72. The van der Waals surface area contributed by atoms with Crippen LogP contribution >= 0.6 is 0 Å². The van der Waals surface area contributed by atoms with Gasteiger partial charge in [-0.15, -0.1) is 0 Å². The summed E-state index contributed by atoms with van der Waals surface area (Å²) in [5.41, 5.74) is 3.73. The Kier molecular flexibility index (Phi) is 6.88. The van der Waals surface area contributed by atoms with E-state index in [1.54, 1.807) is 0 Å². The largest absolute Gasteiger partial charge is 0.335 e. The van der Waals surface area contributed by atoms with Crippen molar-refractivity contribution in [3.8, 4) is 0 Å². The average molecular weight is 421 g/mol. The molecule has 2 amide bonds. The Morgan fingerprint density at radius 2 is 1.77 bits per heavy atom. The molecule has 1 heterocycles. The Hall–Kier alpha value is -2.62. The molecule has 0 aromatic heterocycles. The molecule has 0 bridgehead atoms. The second-order valence-corrected chi connectivity index (χ2v) is 10.1. The molecule has 0 radical (unpaired) electrons. The minimum absolute atomic E-state index is 0.00652. The van der Waals surface area contributed by atoms with Crippen molar-refractivity contribution in [2.24, 2.45) is 11.8 Å². The number of hydrogen-bond donors (Lipinski definition) is 1. The summed E-state index contributed by atoms with van der Waals surface area (Å²) in [6.45, 7) is 13.4. The van der Waals surface area contributed by atoms with Crippen molar-refractivity contribution in [1.82, 2.24) is 4.90 Å². The van der Waals surface area contributed by atoms with Crippen LogP contribution < -0.4 is 5.32 Å². The highest BCUT2D eigenvalue weighted by Crippen LogP contribution is 2.32. The number of piperidine rings is 1. The molecule has 1 fully saturated rings. The van der Waals surface area contributed by atoms with Gasteiger partial charge in [0.2, 0.25) is 5.91 Å². The number of hydrogen-bond acceptors (Lipinski definition) is 2. The van der Waals surface area contributed by atoms with Crippen molar-refractivity contribution in [2.45, 2.75) is 65.8 Å². The summed E-state index contributed by atoms with van der Waals surface area (Å²) in [5, 5.41) is 3.14. The lowest BCUT2D eigenvalue weighted by Crippen LogP contribution is -2.54. The Labute approximate surface area is 187 Å². The van der Waals surface area contributed by atoms with E-state index in [0.717, 1.165) is 29.7 Å². The molecule has 31 heavy (non-hydrogen) atoms. The number of rotatable bonds is 4. The molecule has 1 aliphatic heterocycles. The molecule has 1 saturated heterocycles. The number of benzene rings is 2. The molecule has 3 rings (SSSR count). The standard InChI is InChI=1S/C27H36N2O2/c1-18(2)24-23(25(30)28-21-13-9-12-20(17-21)27(4,5)6)15-10-16-29(24)26(31)22-14-8-7-11-19(22)3/h7-9,11-14,17-18,23-24H,10,15-16H2,1-6H3,(H,28,30)/t23?,24-/m0/s1. The number of nitrogens with one attached hydrogen (secondary N) is 1. The van der Waals surface area contributed by atoms with E-state index < -0.39 is 0 Å². The molecule has 4 nitrogen and oxygen atoms in total. The van der Waals surface area contributed by atoms with Crippen molar-refractivity contribution in [3.05, 3.63) is 65.2 Å². The highest BCUT2D eigenvalue weighted by molar-refractivity contribution is 5.97. The maximum atomic E-state index is 13.4. The second kappa shape index (κ2) is 9.25. The zero-order valence-corrected chi connectivity index (χ0v) is 19.7. The third-order valence-electron chi connectivity index (χ3n) is 6.34. The van der Waals surface area contributed by atoms with E-state index in [-0.39, 0.29) is 35.1 Å². The molecular weight excluding hydrogens is 384 g/mol. The predicted molar refractivity (Wildman–Crippen MR) is 127 cm³/mol. The van der Waals surface area contributed by atoms with Gasteiger partial charge in [0, 0.05) is 23.8 Å². The second-order valence-electron chi connectivity index (χ2n) is 10.1. The first-order chi connectivity index (χ1) is 14.6. The minimum Gasteiger partial charge on any atom is -0.335 e. The molecular formula is C27H36N2O2. The lowest BCUT2D eigenvalue weighted by Gasteiger charge is -2.43. The van der Waals surface area contributed by atoms with Gasteiger partial charge in [0.1, 0.15) is 0 Å². The first kappa shape index (κ1) is 23.1. The van der Waals surface area contributed by atoms with Gasteiger partial charge in [-0.05, 0) is 60.4 Å². The first-order valence-electron chi connectivity index (χ1n) is 11.4. The van der Waals surface area contributed by atoms with Crippen LogP contribution in [0.1, 0.15) is 68.9 Å². The molecule has 1 N–H and O–H groups in total. The van der Waals surface area contributed by atoms with E-state index in [0.29, 0.717) is 6.54 Å². The first-order valence-corrected chi connectivity index (χ1v) is 11.4. The smallest absolute Gasteiger partial charge is 0.254 e. The molecule has 1 aliphatic rings. The number of carbonyl (C=O) groups is 2. The van der Waals surface area contributed by atoms with Gasteiger partial charge in [-0.3, -0.25) is 9.59 Å². The van der Waals surface area contributed by atoms with E-state index in [1.165, 1.54) is 5.56 Å². The Balaban J connectivity index is 1.84. The van der Waals surface area contributed by atoms with Crippen molar-refractivity contribution in [2.75, 3.05) is 11.9 Å². The number of amides is 2. The Morgan fingerprint density at radius 1 is 1.06 bits per heavy atom. The highest BCUT2D eigenvalue weighted by atomic mass is 16.2. The minimum atomic E-state index is -0.222. The quantitative estimate of drug-likeness (QED) is 0.679. The van der Waals surface area contributed by atoms with Crippen LogP contribution in [-0.4, -0.2) is 29.3 Å². The maximum Gasteiger partial charge on any atom is 0.254 e. The zero-order valence-electron chi connectivity index (χ0n) is 19.7. The highest BCUT2D eigenvalue weighted by Gasteiger charge is 2.40. The fourth-order valence-electron chi connectivity index (χ4n) is 4.63. The molecule has 166 valence electrons. The van der Waals surface area contributed by atoms with Crippen LogP contribution in [0.5, 0.6) is 0 Å². The summed E-state index contributed by atoms with van der Waals surface area (Å²) in [5.74, 6) is 0.000937. The van der Waals surface area contributed by atoms with Crippen LogP contribution in [0.4, 0.5) is 5.69 Å². The molecule has 4 heteroatoms. The van der Waals surface area contributed by atoms with Gasteiger partial charge >= 0.3 is 0 Å². The van der Waals surface area contributed by atoms with Gasteiger partial charge in [-0.2, -0.15) is 0 Å². The van der Waals surface area contributed by atoms with Crippen molar-refractivity contribution < 1.29 is 9.59 Å². The Bertz CT molecular complexity index is 942. The van der Waals surface area contributed by atoms with Crippen molar-refractivity contribution in [3.63, 3.8) is 0 Å². The van der Waals surface area contributed by atoms with E-state index in [4.69, 9.17) is 0 Å². The molecule has 2 aromatic carbocycles. The van der Waals surface area contributed by atoms with Gasteiger partial charge in [-0.25, -0.2) is 0 Å². The summed E-state index contributed by atoms with van der Waals surface area (Å²) < 4.78 is 0. The number of aryl methyl sites for hydroxylation is 1. The normalized spacial score (nSPS) is 19.4. The number of carbonyl (C=O) groups excluding carboxylic acids is 2. The van der Waals surface area contributed by atoms with Gasteiger partial charge in [0.15, 0.2) is 0 Å². The molecule has 2 atom stereocenters.